The molecule has 46 valence electrons. The first-order chi connectivity index (χ1) is 4.31. The molecule has 0 aromatic rings. The number of quaternary nitrogens is 1. The van der Waals surface area contributed by atoms with Crippen LogP contribution < -0.4 is 0 Å². The summed E-state index contributed by atoms with van der Waals surface area (Å²) in [6, 6.07) is 0. The maximum absolute atomic E-state index is 2.22. The normalized spacial score (nSPS) is 37.2. The Morgan fingerprint density at radius 1 is 1.44 bits per heavy atom. The zero-order valence-corrected chi connectivity index (χ0v) is 5.54. The summed E-state index contributed by atoms with van der Waals surface area (Å²) in [6.07, 6.45) is 12.1. The van der Waals surface area contributed by atoms with E-state index in [9.17, 15) is 0 Å². The molecule has 0 aromatic carbocycles. The Labute approximate surface area is 55.2 Å². The lowest BCUT2D eigenvalue weighted by molar-refractivity contribution is -0.758. The van der Waals surface area contributed by atoms with Gasteiger partial charge in [0.05, 0.1) is 7.05 Å². The molecule has 0 N–H and O–H groups in total. The molecule has 1 nitrogen and oxygen atoms in total. The molecule has 1 unspecified atom stereocenters. The topological polar surface area (TPSA) is 0 Å². The zero-order valence-electron chi connectivity index (χ0n) is 5.54. The maximum Gasteiger partial charge on any atom is 0.122 e. The predicted octanol–water partition coefficient (Wildman–Crippen LogP) is 1.76. The van der Waals surface area contributed by atoms with Crippen LogP contribution in [-0.4, -0.2) is 11.5 Å². The average Bonchev–Trinajstić information content (AvgIpc) is 2.22. The lowest BCUT2D eigenvalue weighted by atomic mass is 10.3. The minimum Gasteiger partial charge on any atom is -0.245 e. The highest BCUT2D eigenvalue weighted by Crippen LogP contribution is 2.30. The smallest absolute Gasteiger partial charge is 0.122 e. The van der Waals surface area contributed by atoms with Gasteiger partial charge in [-0.2, -0.15) is 0 Å². The van der Waals surface area contributed by atoms with E-state index in [0.29, 0.717) is 0 Å². The van der Waals surface area contributed by atoms with Gasteiger partial charge in [0.2, 0.25) is 0 Å². The molecule has 9 heavy (non-hydrogen) atoms. The number of rotatable bonds is 0. The number of hydrogen-bond acceptors (Lipinski definition) is 0. The van der Waals surface area contributed by atoms with Crippen molar-refractivity contribution in [3.8, 4) is 0 Å². The summed E-state index contributed by atoms with van der Waals surface area (Å²) in [5.74, 6) is 0. The lowest BCUT2D eigenvalue weighted by Gasteiger charge is -2.18. The van der Waals surface area contributed by atoms with Gasteiger partial charge in [0.15, 0.2) is 0 Å². The van der Waals surface area contributed by atoms with Crippen molar-refractivity contribution < 1.29 is 4.48 Å². The van der Waals surface area contributed by atoms with Crippen LogP contribution in [0, 0.1) is 0 Å². The maximum atomic E-state index is 2.22. The van der Waals surface area contributed by atoms with Crippen LogP contribution in [0.5, 0.6) is 0 Å². The molecular formula is C8H10N+. The minimum absolute atomic E-state index is 0.917. The van der Waals surface area contributed by atoms with E-state index in [1.807, 2.05) is 0 Å². The molecule has 0 bridgehead atoms. The van der Waals surface area contributed by atoms with Gasteiger partial charge in [-0.05, 0) is 12.2 Å². The molecule has 0 spiro atoms. The second kappa shape index (κ2) is 1.36. The monoisotopic (exact) mass is 120 g/mol. The van der Waals surface area contributed by atoms with Crippen molar-refractivity contribution in [2.45, 2.75) is 6.42 Å². The average molecular weight is 120 g/mol. The summed E-state index contributed by atoms with van der Waals surface area (Å²) in [6.45, 7) is 0. The second-order valence-electron chi connectivity index (χ2n) is 2.74. The first-order valence-corrected chi connectivity index (χ1v) is 3.24. The lowest BCUT2D eigenvalue weighted by Crippen LogP contribution is -2.24. The number of hydrogen-bond donors (Lipinski definition) is 0. The summed E-state index contributed by atoms with van der Waals surface area (Å²) in [5, 5.41) is 0. The summed E-state index contributed by atoms with van der Waals surface area (Å²) >= 11 is 0. The van der Waals surface area contributed by atoms with Gasteiger partial charge in [-0.1, -0.05) is 0 Å². The third-order valence-corrected chi connectivity index (χ3v) is 2.05. The first-order valence-electron chi connectivity index (χ1n) is 3.24. The van der Waals surface area contributed by atoms with Crippen molar-refractivity contribution in [2.24, 2.45) is 0 Å². The summed E-state index contributed by atoms with van der Waals surface area (Å²) in [7, 11) is 2.19. The van der Waals surface area contributed by atoms with Crippen LogP contribution in [0.3, 0.4) is 0 Å². The molecule has 2 heterocycles. The van der Waals surface area contributed by atoms with Gasteiger partial charge >= 0.3 is 0 Å². The van der Waals surface area contributed by atoms with E-state index < -0.39 is 0 Å². The Morgan fingerprint density at radius 3 is 3.11 bits per heavy atom. The van der Waals surface area contributed by atoms with E-state index in [1.54, 1.807) is 0 Å². The van der Waals surface area contributed by atoms with Gasteiger partial charge in [-0.15, -0.1) is 0 Å². The van der Waals surface area contributed by atoms with Gasteiger partial charge in [0.25, 0.3) is 0 Å². The third-order valence-electron chi connectivity index (χ3n) is 2.05. The Hall–Kier alpha value is -0.820. The Morgan fingerprint density at radius 2 is 2.33 bits per heavy atom. The standard InChI is InChI=1S/C8H10N/c1-9-6-2-4-8(9)5-3-7-9/h2-4,6-7H,5H2,1H3/q+1. The number of allylic oxidation sites excluding steroid dienone is 3. The van der Waals surface area contributed by atoms with Crippen molar-refractivity contribution in [1.29, 1.82) is 0 Å². The molecule has 0 fully saturated rings. The Bertz CT molecular complexity index is 223. The van der Waals surface area contributed by atoms with Gasteiger partial charge < -0.3 is 0 Å². The fourth-order valence-electron chi connectivity index (χ4n) is 1.39. The fraction of sp³-hybridized carbons (Fsp3) is 0.250. The van der Waals surface area contributed by atoms with Crippen LogP contribution in [0.2, 0.25) is 0 Å². The van der Waals surface area contributed by atoms with Crippen LogP contribution in [0.4, 0.5) is 0 Å². The van der Waals surface area contributed by atoms with E-state index in [1.165, 1.54) is 5.70 Å². The first kappa shape index (κ1) is 5.00. The molecule has 0 amide bonds. The van der Waals surface area contributed by atoms with Crippen molar-refractivity contribution >= 4 is 0 Å². The number of fused-ring (bicyclic) bond motifs is 1. The molecule has 2 aliphatic heterocycles. The Balaban J connectivity index is 2.50. The van der Waals surface area contributed by atoms with Crippen molar-refractivity contribution in [2.75, 3.05) is 7.05 Å². The summed E-state index contributed by atoms with van der Waals surface area (Å²) < 4.78 is 0.917. The molecule has 1 heteroatoms. The highest BCUT2D eigenvalue weighted by atomic mass is 15.3. The van der Waals surface area contributed by atoms with Crippen LogP contribution in [0.25, 0.3) is 0 Å². The predicted molar refractivity (Wildman–Crippen MR) is 37.2 cm³/mol. The van der Waals surface area contributed by atoms with E-state index >= 15 is 0 Å². The van der Waals surface area contributed by atoms with Crippen LogP contribution in [0.1, 0.15) is 6.42 Å². The van der Waals surface area contributed by atoms with Gasteiger partial charge in [0.1, 0.15) is 18.1 Å². The summed E-state index contributed by atoms with van der Waals surface area (Å²) in [5.41, 5.74) is 1.48. The van der Waals surface area contributed by atoms with Crippen molar-refractivity contribution in [3.05, 3.63) is 36.3 Å². The molecule has 2 rings (SSSR count). The highest BCUT2D eigenvalue weighted by Gasteiger charge is 2.28. The molecule has 0 radical (unpaired) electrons. The summed E-state index contributed by atoms with van der Waals surface area (Å²) in [4.78, 5) is 0. The Kier molecular flexibility index (Phi) is 0.758. The zero-order chi connectivity index (χ0) is 6.32. The quantitative estimate of drug-likeness (QED) is 0.427. The van der Waals surface area contributed by atoms with E-state index in [4.69, 9.17) is 0 Å². The van der Waals surface area contributed by atoms with Crippen LogP contribution in [-0.2, 0) is 0 Å². The van der Waals surface area contributed by atoms with E-state index in [-0.39, 0.29) is 0 Å². The molecule has 1 atom stereocenters. The van der Waals surface area contributed by atoms with Crippen molar-refractivity contribution in [1.82, 2.24) is 0 Å². The molecule has 0 aromatic heterocycles. The van der Waals surface area contributed by atoms with Gasteiger partial charge in [0, 0.05) is 12.5 Å². The fourth-order valence-corrected chi connectivity index (χ4v) is 1.39. The molecule has 0 saturated carbocycles. The van der Waals surface area contributed by atoms with Gasteiger partial charge in [-0.3, -0.25) is 0 Å². The van der Waals surface area contributed by atoms with Gasteiger partial charge in [-0.25, -0.2) is 4.48 Å². The molecule has 0 aliphatic carbocycles. The third kappa shape index (κ3) is 0.524. The van der Waals surface area contributed by atoms with E-state index in [0.717, 1.165) is 10.9 Å². The molecular weight excluding hydrogens is 110 g/mol. The highest BCUT2D eigenvalue weighted by molar-refractivity contribution is 5.20. The molecule has 2 aliphatic rings. The number of nitrogens with zero attached hydrogens (tertiary/aromatic N) is 1. The SMILES string of the molecule is C[N+]12C=CC=C1CC=C2. The largest absolute Gasteiger partial charge is 0.245 e. The van der Waals surface area contributed by atoms with Crippen LogP contribution in [0.15, 0.2) is 36.3 Å². The van der Waals surface area contributed by atoms with Crippen molar-refractivity contribution in [3.63, 3.8) is 0 Å². The molecule has 0 saturated heterocycles. The van der Waals surface area contributed by atoms with Crippen LogP contribution >= 0.6 is 0 Å². The minimum atomic E-state index is 0.917. The second-order valence-corrected chi connectivity index (χ2v) is 2.74. The van der Waals surface area contributed by atoms with E-state index in [2.05, 4.69) is 37.7 Å².